The average molecular weight is 241 g/mol. The van der Waals surface area contributed by atoms with Crippen molar-refractivity contribution in [1.82, 2.24) is 5.32 Å². The highest BCUT2D eigenvalue weighted by molar-refractivity contribution is 5.43. The van der Waals surface area contributed by atoms with Gasteiger partial charge >= 0.3 is 0 Å². The van der Waals surface area contributed by atoms with Crippen LogP contribution in [-0.2, 0) is 0 Å². The Balaban J connectivity index is 2.40. The molecule has 1 heterocycles. The predicted octanol–water partition coefficient (Wildman–Crippen LogP) is 3.10. The van der Waals surface area contributed by atoms with Crippen LogP contribution in [0.25, 0.3) is 0 Å². The SMILES string of the molecule is COc1cccc(C(F)F)c1C1CCNCC1. The number of hydrogen-bond donors (Lipinski definition) is 1. The lowest BCUT2D eigenvalue weighted by atomic mass is 9.86. The molecular weight excluding hydrogens is 224 g/mol. The zero-order chi connectivity index (χ0) is 12.3. The van der Waals surface area contributed by atoms with Crippen molar-refractivity contribution in [3.8, 4) is 5.75 Å². The molecule has 1 saturated heterocycles. The van der Waals surface area contributed by atoms with Gasteiger partial charge in [0.05, 0.1) is 7.11 Å². The Morgan fingerprint density at radius 3 is 2.59 bits per heavy atom. The van der Waals surface area contributed by atoms with E-state index in [4.69, 9.17) is 4.74 Å². The van der Waals surface area contributed by atoms with Crippen LogP contribution in [0.1, 0.15) is 36.3 Å². The molecule has 0 saturated carbocycles. The molecule has 4 heteroatoms. The monoisotopic (exact) mass is 241 g/mol. The molecule has 1 aliphatic rings. The molecule has 0 bridgehead atoms. The number of benzene rings is 1. The first kappa shape index (κ1) is 12.3. The van der Waals surface area contributed by atoms with Gasteiger partial charge in [0.1, 0.15) is 5.75 Å². The molecule has 17 heavy (non-hydrogen) atoms. The van der Waals surface area contributed by atoms with Gasteiger partial charge in [0.25, 0.3) is 6.43 Å². The molecule has 0 atom stereocenters. The molecule has 0 spiro atoms. The normalized spacial score (nSPS) is 17.4. The Labute approximate surface area is 100.0 Å². The number of rotatable bonds is 3. The number of piperidine rings is 1. The van der Waals surface area contributed by atoms with Crippen molar-refractivity contribution in [3.63, 3.8) is 0 Å². The van der Waals surface area contributed by atoms with E-state index in [1.807, 2.05) is 0 Å². The maximum absolute atomic E-state index is 13.0. The van der Waals surface area contributed by atoms with E-state index in [0.717, 1.165) is 25.9 Å². The number of ether oxygens (including phenoxy) is 1. The molecule has 0 aliphatic carbocycles. The van der Waals surface area contributed by atoms with Crippen LogP contribution in [-0.4, -0.2) is 20.2 Å². The third-order valence-corrected chi connectivity index (χ3v) is 3.30. The van der Waals surface area contributed by atoms with Gasteiger partial charge in [0, 0.05) is 11.1 Å². The first-order valence-electron chi connectivity index (χ1n) is 5.89. The third-order valence-electron chi connectivity index (χ3n) is 3.30. The lowest BCUT2D eigenvalue weighted by Gasteiger charge is -2.26. The molecular formula is C13H17F2NO. The second-order valence-corrected chi connectivity index (χ2v) is 4.29. The third kappa shape index (κ3) is 2.57. The van der Waals surface area contributed by atoms with E-state index in [1.165, 1.54) is 13.2 Å². The van der Waals surface area contributed by atoms with Gasteiger partial charge in [-0.15, -0.1) is 0 Å². The second-order valence-electron chi connectivity index (χ2n) is 4.29. The van der Waals surface area contributed by atoms with Crippen LogP contribution >= 0.6 is 0 Å². The van der Waals surface area contributed by atoms with Crippen LogP contribution in [0, 0.1) is 0 Å². The minimum Gasteiger partial charge on any atom is -0.496 e. The highest BCUT2D eigenvalue weighted by Crippen LogP contribution is 2.39. The molecule has 0 aromatic heterocycles. The van der Waals surface area contributed by atoms with Crippen LogP contribution in [0.15, 0.2) is 18.2 Å². The van der Waals surface area contributed by atoms with Gasteiger partial charge in [-0.05, 0) is 37.9 Å². The molecule has 0 radical (unpaired) electrons. The van der Waals surface area contributed by atoms with Crippen molar-refractivity contribution in [3.05, 3.63) is 29.3 Å². The van der Waals surface area contributed by atoms with E-state index in [2.05, 4.69) is 5.32 Å². The van der Waals surface area contributed by atoms with E-state index in [-0.39, 0.29) is 11.5 Å². The molecule has 1 N–H and O–H groups in total. The summed E-state index contributed by atoms with van der Waals surface area (Å²) in [5, 5.41) is 3.24. The zero-order valence-electron chi connectivity index (χ0n) is 9.88. The van der Waals surface area contributed by atoms with Crippen molar-refractivity contribution in [2.24, 2.45) is 0 Å². The smallest absolute Gasteiger partial charge is 0.264 e. The first-order valence-corrected chi connectivity index (χ1v) is 5.89. The highest BCUT2D eigenvalue weighted by Gasteiger charge is 2.25. The molecule has 1 aliphatic heterocycles. The van der Waals surface area contributed by atoms with E-state index >= 15 is 0 Å². The zero-order valence-corrected chi connectivity index (χ0v) is 9.88. The molecule has 0 amide bonds. The Morgan fingerprint density at radius 1 is 1.29 bits per heavy atom. The van der Waals surface area contributed by atoms with E-state index < -0.39 is 6.43 Å². The predicted molar refractivity (Wildman–Crippen MR) is 62.8 cm³/mol. The summed E-state index contributed by atoms with van der Waals surface area (Å²) in [5.74, 6) is 0.770. The quantitative estimate of drug-likeness (QED) is 0.878. The van der Waals surface area contributed by atoms with Gasteiger partial charge in [-0.3, -0.25) is 0 Å². The fourth-order valence-electron chi connectivity index (χ4n) is 2.48. The standard InChI is InChI=1S/C13H17F2NO/c1-17-11-4-2-3-10(13(14)15)12(11)9-5-7-16-8-6-9/h2-4,9,13,16H,5-8H2,1H3. The summed E-state index contributed by atoms with van der Waals surface area (Å²) >= 11 is 0. The van der Waals surface area contributed by atoms with Crippen molar-refractivity contribution >= 4 is 0 Å². The van der Waals surface area contributed by atoms with Crippen LogP contribution in [0.4, 0.5) is 8.78 Å². The van der Waals surface area contributed by atoms with Gasteiger partial charge in [0.15, 0.2) is 0 Å². The number of hydrogen-bond acceptors (Lipinski definition) is 2. The number of methoxy groups -OCH3 is 1. The van der Waals surface area contributed by atoms with Crippen LogP contribution in [0.2, 0.25) is 0 Å². The second kappa shape index (κ2) is 5.45. The van der Waals surface area contributed by atoms with Gasteiger partial charge < -0.3 is 10.1 Å². The molecule has 2 nitrogen and oxygen atoms in total. The van der Waals surface area contributed by atoms with Crippen LogP contribution in [0.3, 0.4) is 0 Å². The van der Waals surface area contributed by atoms with Crippen LogP contribution < -0.4 is 10.1 Å². The van der Waals surface area contributed by atoms with Gasteiger partial charge in [0.2, 0.25) is 0 Å². The van der Waals surface area contributed by atoms with Gasteiger partial charge in [-0.2, -0.15) is 0 Å². The number of alkyl halides is 2. The lowest BCUT2D eigenvalue weighted by molar-refractivity contribution is 0.148. The van der Waals surface area contributed by atoms with Crippen molar-refractivity contribution in [2.75, 3.05) is 20.2 Å². The molecule has 1 fully saturated rings. The Hall–Kier alpha value is -1.16. The lowest BCUT2D eigenvalue weighted by Crippen LogP contribution is -2.27. The average Bonchev–Trinajstić information content (AvgIpc) is 2.38. The Kier molecular flexibility index (Phi) is 3.94. The van der Waals surface area contributed by atoms with E-state index in [0.29, 0.717) is 11.3 Å². The van der Waals surface area contributed by atoms with Crippen LogP contribution in [0.5, 0.6) is 5.75 Å². The summed E-state index contributed by atoms with van der Waals surface area (Å²) in [6.07, 6.45) is -0.657. The van der Waals surface area contributed by atoms with E-state index in [1.54, 1.807) is 12.1 Å². The molecule has 94 valence electrons. The first-order chi connectivity index (χ1) is 8.24. The van der Waals surface area contributed by atoms with Gasteiger partial charge in [-0.25, -0.2) is 8.78 Å². The summed E-state index contributed by atoms with van der Waals surface area (Å²) in [4.78, 5) is 0. The number of halogens is 2. The Bertz CT molecular complexity index is 376. The van der Waals surface area contributed by atoms with Crippen molar-refractivity contribution in [1.29, 1.82) is 0 Å². The maximum Gasteiger partial charge on any atom is 0.264 e. The molecule has 1 aromatic rings. The summed E-state index contributed by atoms with van der Waals surface area (Å²) < 4.78 is 31.3. The molecule has 2 rings (SSSR count). The van der Waals surface area contributed by atoms with Gasteiger partial charge in [-0.1, -0.05) is 12.1 Å². The minimum atomic E-state index is -2.44. The van der Waals surface area contributed by atoms with E-state index in [9.17, 15) is 8.78 Å². The fourth-order valence-corrected chi connectivity index (χ4v) is 2.48. The van der Waals surface area contributed by atoms with Crippen molar-refractivity contribution < 1.29 is 13.5 Å². The molecule has 1 aromatic carbocycles. The summed E-state index contributed by atoms with van der Waals surface area (Å²) in [6.45, 7) is 1.76. The highest BCUT2D eigenvalue weighted by atomic mass is 19.3. The fraction of sp³-hybridized carbons (Fsp3) is 0.538. The summed E-state index contributed by atoms with van der Waals surface area (Å²) in [6, 6.07) is 4.90. The van der Waals surface area contributed by atoms with Crippen molar-refractivity contribution in [2.45, 2.75) is 25.2 Å². The Morgan fingerprint density at radius 2 is 2.00 bits per heavy atom. The molecule has 0 unspecified atom stereocenters. The summed E-state index contributed by atoms with van der Waals surface area (Å²) in [7, 11) is 1.54. The largest absolute Gasteiger partial charge is 0.496 e. The minimum absolute atomic E-state index is 0.122. The maximum atomic E-state index is 13.0. The summed E-state index contributed by atoms with van der Waals surface area (Å²) in [5.41, 5.74) is 0.822. The number of nitrogens with one attached hydrogen (secondary N) is 1. The topological polar surface area (TPSA) is 21.3 Å².